The fourth-order valence-electron chi connectivity index (χ4n) is 1.72. The maximum atomic E-state index is 10.5. The van der Waals surface area contributed by atoms with E-state index in [2.05, 4.69) is 0 Å². The first-order valence-electron chi connectivity index (χ1n) is 3.78. The summed E-state index contributed by atoms with van der Waals surface area (Å²) in [5, 5.41) is 8.65. The van der Waals surface area contributed by atoms with Crippen LogP contribution in [0.1, 0.15) is 6.42 Å². The predicted octanol–water partition coefficient (Wildman–Crippen LogP) is 0.387. The molecule has 2 aliphatic rings. The van der Waals surface area contributed by atoms with Crippen molar-refractivity contribution >= 4 is 6.09 Å². The zero-order valence-corrected chi connectivity index (χ0v) is 6.25. The minimum atomic E-state index is -0.797. The van der Waals surface area contributed by atoms with Crippen LogP contribution in [0.3, 0.4) is 0 Å². The first kappa shape index (κ1) is 6.91. The summed E-state index contributed by atoms with van der Waals surface area (Å²) in [6.07, 6.45) is 0.174. The highest BCUT2D eigenvalue weighted by Crippen LogP contribution is 2.37. The number of carbonyl (C=O) groups is 1. The summed E-state index contributed by atoms with van der Waals surface area (Å²) in [5.74, 6) is 0. The molecule has 0 aromatic rings. The Bertz CT molecular complexity index is 188. The molecule has 1 N–H and O–H groups in total. The van der Waals surface area contributed by atoms with Crippen LogP contribution in [0.15, 0.2) is 0 Å². The van der Waals surface area contributed by atoms with Crippen molar-refractivity contribution in [3.05, 3.63) is 0 Å². The molecular weight excluding hydrogens is 146 g/mol. The molecule has 0 atom stereocenters. The highest BCUT2D eigenvalue weighted by atomic mass is 16.5. The molecule has 2 saturated heterocycles. The van der Waals surface area contributed by atoms with Gasteiger partial charge in [-0.1, -0.05) is 0 Å². The van der Waals surface area contributed by atoms with E-state index in [4.69, 9.17) is 9.84 Å². The van der Waals surface area contributed by atoms with Crippen molar-refractivity contribution in [1.29, 1.82) is 0 Å². The van der Waals surface area contributed by atoms with Gasteiger partial charge in [-0.05, 0) is 6.42 Å². The molecule has 11 heavy (non-hydrogen) atoms. The Hall–Kier alpha value is -0.770. The highest BCUT2D eigenvalue weighted by molar-refractivity contribution is 5.65. The van der Waals surface area contributed by atoms with Crippen LogP contribution in [0.4, 0.5) is 4.79 Å². The summed E-state index contributed by atoms with van der Waals surface area (Å²) in [6, 6.07) is 0. The molecule has 0 saturated carbocycles. The molecule has 4 nitrogen and oxygen atoms in total. The normalized spacial score (nSPS) is 27.1. The van der Waals surface area contributed by atoms with Crippen LogP contribution < -0.4 is 0 Å². The second kappa shape index (κ2) is 2.11. The van der Waals surface area contributed by atoms with Gasteiger partial charge in [-0.2, -0.15) is 0 Å². The molecule has 0 aromatic carbocycles. The smallest absolute Gasteiger partial charge is 0.407 e. The second-order valence-corrected chi connectivity index (χ2v) is 3.45. The van der Waals surface area contributed by atoms with E-state index >= 15 is 0 Å². The number of amides is 1. The fourth-order valence-corrected chi connectivity index (χ4v) is 1.72. The van der Waals surface area contributed by atoms with Gasteiger partial charge < -0.3 is 14.7 Å². The number of likely N-dealkylation sites (tertiary alicyclic amines) is 1. The molecule has 0 radical (unpaired) electrons. The molecule has 0 aromatic heterocycles. The molecule has 62 valence electrons. The van der Waals surface area contributed by atoms with Crippen LogP contribution >= 0.6 is 0 Å². The average Bonchev–Trinajstić information content (AvgIpc) is 2.28. The Morgan fingerprint density at radius 1 is 1.55 bits per heavy atom. The van der Waals surface area contributed by atoms with Gasteiger partial charge in [0.15, 0.2) is 0 Å². The molecule has 4 heteroatoms. The molecule has 0 aliphatic carbocycles. The second-order valence-electron chi connectivity index (χ2n) is 3.45. The lowest BCUT2D eigenvalue weighted by atomic mass is 9.85. The van der Waals surface area contributed by atoms with Crippen molar-refractivity contribution in [3.8, 4) is 0 Å². The highest BCUT2D eigenvalue weighted by Gasteiger charge is 2.45. The lowest BCUT2D eigenvalue weighted by Crippen LogP contribution is -2.45. The number of nitrogens with zero attached hydrogens (tertiary/aromatic N) is 1. The number of hydrogen-bond donors (Lipinski definition) is 1. The zero-order chi connectivity index (χ0) is 7.90. The molecule has 0 unspecified atom stereocenters. The van der Waals surface area contributed by atoms with Crippen molar-refractivity contribution in [2.75, 3.05) is 26.3 Å². The van der Waals surface area contributed by atoms with Gasteiger partial charge in [-0.25, -0.2) is 4.79 Å². The minimum absolute atomic E-state index is 0.193. The monoisotopic (exact) mass is 157 g/mol. The number of rotatable bonds is 0. The van der Waals surface area contributed by atoms with E-state index < -0.39 is 6.09 Å². The van der Waals surface area contributed by atoms with E-state index in [1.165, 1.54) is 4.90 Å². The van der Waals surface area contributed by atoms with Crippen LogP contribution in [0, 0.1) is 5.41 Å². The Balaban J connectivity index is 1.98. The van der Waals surface area contributed by atoms with Crippen LogP contribution in [-0.2, 0) is 4.74 Å². The van der Waals surface area contributed by atoms with E-state index in [0.717, 1.165) is 19.6 Å². The van der Waals surface area contributed by atoms with Gasteiger partial charge in [-0.15, -0.1) is 0 Å². The van der Waals surface area contributed by atoms with Gasteiger partial charge in [0, 0.05) is 18.5 Å². The first-order valence-corrected chi connectivity index (χ1v) is 3.78. The fraction of sp³-hybridized carbons (Fsp3) is 0.857. The molecule has 2 fully saturated rings. The van der Waals surface area contributed by atoms with Gasteiger partial charge in [0.25, 0.3) is 0 Å². The number of carboxylic acid groups (broad SMARTS) is 1. The lowest BCUT2D eigenvalue weighted by molar-refractivity contribution is -0.103. The van der Waals surface area contributed by atoms with Gasteiger partial charge in [0.1, 0.15) is 0 Å². The van der Waals surface area contributed by atoms with Crippen LogP contribution in [-0.4, -0.2) is 42.4 Å². The largest absolute Gasteiger partial charge is 0.465 e. The summed E-state index contributed by atoms with van der Waals surface area (Å²) < 4.78 is 5.07. The van der Waals surface area contributed by atoms with Crippen LogP contribution in [0.5, 0.6) is 0 Å². The summed E-state index contributed by atoms with van der Waals surface area (Å²) in [5.41, 5.74) is 0.193. The molecule has 2 aliphatic heterocycles. The van der Waals surface area contributed by atoms with Crippen LogP contribution in [0.25, 0.3) is 0 Å². The van der Waals surface area contributed by atoms with Gasteiger partial charge in [-0.3, -0.25) is 0 Å². The van der Waals surface area contributed by atoms with Crippen molar-refractivity contribution in [3.63, 3.8) is 0 Å². The zero-order valence-electron chi connectivity index (χ0n) is 6.25. The van der Waals surface area contributed by atoms with Gasteiger partial charge in [0.05, 0.1) is 13.2 Å². The summed E-state index contributed by atoms with van der Waals surface area (Å²) in [6.45, 7) is 2.84. The first-order chi connectivity index (χ1) is 5.22. The number of ether oxygens (including phenoxy) is 1. The molecule has 1 spiro atoms. The maximum absolute atomic E-state index is 10.5. The Kier molecular flexibility index (Phi) is 1.32. The van der Waals surface area contributed by atoms with E-state index in [1.807, 2.05) is 0 Å². The van der Waals surface area contributed by atoms with Crippen LogP contribution in [0.2, 0.25) is 0 Å². The topological polar surface area (TPSA) is 49.8 Å². The third-order valence-electron chi connectivity index (χ3n) is 2.53. The van der Waals surface area contributed by atoms with E-state index in [9.17, 15) is 4.79 Å². The third kappa shape index (κ3) is 0.976. The van der Waals surface area contributed by atoms with Gasteiger partial charge >= 0.3 is 6.09 Å². The van der Waals surface area contributed by atoms with Crippen molar-refractivity contribution < 1.29 is 14.6 Å². The Morgan fingerprint density at radius 2 is 2.27 bits per heavy atom. The van der Waals surface area contributed by atoms with Gasteiger partial charge in [0.2, 0.25) is 0 Å². The average molecular weight is 157 g/mol. The van der Waals surface area contributed by atoms with E-state index in [1.54, 1.807) is 0 Å². The Morgan fingerprint density at radius 3 is 2.55 bits per heavy atom. The maximum Gasteiger partial charge on any atom is 0.407 e. The predicted molar refractivity (Wildman–Crippen MR) is 37.5 cm³/mol. The minimum Gasteiger partial charge on any atom is -0.465 e. The standard InChI is InChI=1S/C7H11NO3/c9-6(10)8-2-1-7(3-8)4-11-5-7/h1-5H2,(H,9,10). The molecule has 2 heterocycles. The van der Waals surface area contributed by atoms with Crippen molar-refractivity contribution in [1.82, 2.24) is 4.90 Å². The quantitative estimate of drug-likeness (QED) is 0.553. The van der Waals surface area contributed by atoms with Crippen molar-refractivity contribution in [2.24, 2.45) is 5.41 Å². The number of hydrogen-bond acceptors (Lipinski definition) is 2. The van der Waals surface area contributed by atoms with E-state index in [-0.39, 0.29) is 5.41 Å². The SMILES string of the molecule is O=C(O)N1CCC2(COC2)C1. The molecule has 0 bridgehead atoms. The van der Waals surface area contributed by atoms with E-state index in [0.29, 0.717) is 13.1 Å². The molecule has 2 rings (SSSR count). The summed E-state index contributed by atoms with van der Waals surface area (Å²) >= 11 is 0. The third-order valence-corrected chi connectivity index (χ3v) is 2.53. The molecular formula is C7H11NO3. The lowest BCUT2D eigenvalue weighted by Gasteiger charge is -2.37. The summed E-state index contributed by atoms with van der Waals surface area (Å²) in [4.78, 5) is 12.0. The molecule has 1 amide bonds. The Labute approximate surface area is 64.7 Å². The summed E-state index contributed by atoms with van der Waals surface area (Å²) in [7, 11) is 0. The van der Waals surface area contributed by atoms with Crippen molar-refractivity contribution in [2.45, 2.75) is 6.42 Å².